The Balaban J connectivity index is 3.75. The molecule has 5 heteroatoms. The van der Waals surface area contributed by atoms with Crippen LogP contribution in [0.4, 0.5) is 8.78 Å². The van der Waals surface area contributed by atoms with Gasteiger partial charge in [-0.1, -0.05) is 0 Å². The standard InChI is InChI=1S/C6H10F2N2O/c1-10(3-2-9)4-6(7,8)5-11/h11H,3-5H2,1H3. The van der Waals surface area contributed by atoms with Gasteiger partial charge in [-0.15, -0.1) is 0 Å². The lowest BCUT2D eigenvalue weighted by atomic mass is 10.3. The summed E-state index contributed by atoms with van der Waals surface area (Å²) in [6.07, 6.45) is 0. The lowest BCUT2D eigenvalue weighted by Gasteiger charge is -2.19. The van der Waals surface area contributed by atoms with Crippen LogP contribution in [0, 0.1) is 11.3 Å². The first-order chi connectivity index (χ1) is 5.02. The van der Waals surface area contributed by atoms with Crippen LogP contribution in [0.2, 0.25) is 0 Å². The molecule has 0 aliphatic carbocycles. The number of nitriles is 1. The summed E-state index contributed by atoms with van der Waals surface area (Å²) < 4.78 is 24.7. The number of halogens is 2. The molecule has 0 spiro atoms. The zero-order valence-corrected chi connectivity index (χ0v) is 6.22. The van der Waals surface area contributed by atoms with E-state index in [2.05, 4.69) is 0 Å². The lowest BCUT2D eigenvalue weighted by Crippen LogP contribution is -2.37. The Bertz CT molecular complexity index is 155. The second kappa shape index (κ2) is 4.21. The van der Waals surface area contributed by atoms with Crippen molar-refractivity contribution in [2.45, 2.75) is 5.92 Å². The molecule has 0 saturated heterocycles. The fourth-order valence-corrected chi connectivity index (χ4v) is 0.622. The van der Waals surface area contributed by atoms with Crippen molar-refractivity contribution < 1.29 is 13.9 Å². The Morgan fingerprint density at radius 3 is 2.55 bits per heavy atom. The molecule has 0 bridgehead atoms. The monoisotopic (exact) mass is 164 g/mol. The average molecular weight is 164 g/mol. The van der Waals surface area contributed by atoms with Gasteiger partial charge in [0.05, 0.1) is 19.2 Å². The van der Waals surface area contributed by atoms with Crippen LogP contribution < -0.4 is 0 Å². The van der Waals surface area contributed by atoms with Crippen molar-refractivity contribution in [3.8, 4) is 6.07 Å². The van der Waals surface area contributed by atoms with Crippen LogP contribution in [0.3, 0.4) is 0 Å². The Labute approximate surface area is 63.8 Å². The van der Waals surface area contributed by atoms with Crippen molar-refractivity contribution in [3.63, 3.8) is 0 Å². The topological polar surface area (TPSA) is 47.3 Å². The number of rotatable bonds is 4. The largest absolute Gasteiger partial charge is 0.390 e. The smallest absolute Gasteiger partial charge is 0.283 e. The third kappa shape index (κ3) is 4.65. The zero-order valence-electron chi connectivity index (χ0n) is 6.22. The molecule has 1 N–H and O–H groups in total. The van der Waals surface area contributed by atoms with Crippen molar-refractivity contribution in [1.82, 2.24) is 4.90 Å². The van der Waals surface area contributed by atoms with Crippen molar-refractivity contribution in [1.29, 1.82) is 5.26 Å². The van der Waals surface area contributed by atoms with Gasteiger partial charge in [0, 0.05) is 0 Å². The van der Waals surface area contributed by atoms with Gasteiger partial charge in [-0.05, 0) is 7.05 Å². The van der Waals surface area contributed by atoms with E-state index < -0.39 is 19.1 Å². The summed E-state index contributed by atoms with van der Waals surface area (Å²) in [6, 6.07) is 1.73. The van der Waals surface area contributed by atoms with E-state index in [1.165, 1.54) is 7.05 Å². The molecule has 0 saturated carbocycles. The molecule has 0 unspecified atom stereocenters. The normalized spacial score (nSPS) is 11.6. The maximum atomic E-state index is 12.3. The SMILES string of the molecule is CN(CC#N)CC(F)(F)CO. The molecule has 64 valence electrons. The van der Waals surface area contributed by atoms with Gasteiger partial charge in [-0.2, -0.15) is 5.26 Å². The highest BCUT2D eigenvalue weighted by atomic mass is 19.3. The van der Waals surface area contributed by atoms with Gasteiger partial charge in [0.1, 0.15) is 6.61 Å². The van der Waals surface area contributed by atoms with Gasteiger partial charge in [0.25, 0.3) is 5.92 Å². The molecule has 0 aromatic carbocycles. The molecule has 3 nitrogen and oxygen atoms in total. The van der Waals surface area contributed by atoms with Gasteiger partial charge in [-0.25, -0.2) is 8.78 Å². The van der Waals surface area contributed by atoms with Crippen LogP contribution in [0.1, 0.15) is 0 Å². The molecule has 0 aromatic heterocycles. The van der Waals surface area contributed by atoms with E-state index in [9.17, 15) is 8.78 Å². The summed E-state index contributed by atoms with van der Waals surface area (Å²) in [5.41, 5.74) is 0. The van der Waals surface area contributed by atoms with E-state index >= 15 is 0 Å². The van der Waals surface area contributed by atoms with Gasteiger partial charge >= 0.3 is 0 Å². The quantitative estimate of drug-likeness (QED) is 0.598. The molecule has 0 aromatic rings. The third-order valence-electron chi connectivity index (χ3n) is 1.07. The minimum atomic E-state index is -3.11. The summed E-state index contributed by atoms with van der Waals surface area (Å²) in [5.74, 6) is -3.11. The van der Waals surface area contributed by atoms with Crippen molar-refractivity contribution >= 4 is 0 Å². The zero-order chi connectivity index (χ0) is 8.91. The summed E-state index contributed by atoms with van der Waals surface area (Å²) >= 11 is 0. The van der Waals surface area contributed by atoms with Crippen molar-refractivity contribution in [2.24, 2.45) is 0 Å². The fourth-order valence-electron chi connectivity index (χ4n) is 0.622. The lowest BCUT2D eigenvalue weighted by molar-refractivity contribution is -0.0669. The molecule has 0 heterocycles. The number of aliphatic hydroxyl groups is 1. The summed E-state index contributed by atoms with van der Waals surface area (Å²) in [4.78, 5) is 1.15. The van der Waals surface area contributed by atoms with E-state index in [0.29, 0.717) is 0 Å². The molecule has 0 amide bonds. The Hall–Kier alpha value is -0.730. The Kier molecular flexibility index (Phi) is 3.93. The predicted molar refractivity (Wildman–Crippen MR) is 35.1 cm³/mol. The Morgan fingerprint density at radius 1 is 1.64 bits per heavy atom. The predicted octanol–water partition coefficient (Wildman–Crippen LogP) is 0.0694. The van der Waals surface area contributed by atoms with E-state index in [1.807, 2.05) is 0 Å². The molecule has 11 heavy (non-hydrogen) atoms. The summed E-state index contributed by atoms with van der Waals surface area (Å²) in [7, 11) is 1.40. The molecule has 0 aliphatic heterocycles. The van der Waals surface area contributed by atoms with Gasteiger partial charge in [0.2, 0.25) is 0 Å². The molecular formula is C6H10F2N2O. The molecule has 0 aliphatic rings. The third-order valence-corrected chi connectivity index (χ3v) is 1.07. The average Bonchev–Trinajstić information content (AvgIpc) is 1.87. The maximum Gasteiger partial charge on any atom is 0.283 e. The molecule has 0 fully saturated rings. The number of hydrogen-bond acceptors (Lipinski definition) is 3. The number of alkyl halides is 2. The molecule has 0 atom stereocenters. The van der Waals surface area contributed by atoms with Gasteiger partial charge < -0.3 is 5.11 Å². The van der Waals surface area contributed by atoms with Crippen LogP contribution in [0.5, 0.6) is 0 Å². The van der Waals surface area contributed by atoms with E-state index in [1.54, 1.807) is 6.07 Å². The van der Waals surface area contributed by atoms with Crippen LogP contribution in [-0.4, -0.2) is 42.7 Å². The fraction of sp³-hybridized carbons (Fsp3) is 0.833. The van der Waals surface area contributed by atoms with E-state index in [-0.39, 0.29) is 6.54 Å². The first-order valence-corrected chi connectivity index (χ1v) is 3.06. The minimum Gasteiger partial charge on any atom is -0.390 e. The number of nitrogens with zero attached hydrogens (tertiary/aromatic N) is 2. The van der Waals surface area contributed by atoms with Crippen LogP contribution >= 0.6 is 0 Å². The highest BCUT2D eigenvalue weighted by molar-refractivity contribution is 4.78. The van der Waals surface area contributed by atoms with Crippen LogP contribution in [0.15, 0.2) is 0 Å². The van der Waals surface area contributed by atoms with Gasteiger partial charge in [0.15, 0.2) is 0 Å². The van der Waals surface area contributed by atoms with E-state index in [0.717, 1.165) is 4.90 Å². The minimum absolute atomic E-state index is 0.0599. The second-order valence-corrected chi connectivity index (χ2v) is 2.34. The maximum absolute atomic E-state index is 12.3. The second-order valence-electron chi connectivity index (χ2n) is 2.34. The van der Waals surface area contributed by atoms with Crippen LogP contribution in [0.25, 0.3) is 0 Å². The summed E-state index contributed by atoms with van der Waals surface area (Å²) in [6.45, 7) is -1.82. The first-order valence-electron chi connectivity index (χ1n) is 3.06. The molecular weight excluding hydrogens is 154 g/mol. The highest BCUT2D eigenvalue weighted by Crippen LogP contribution is 2.12. The summed E-state index contributed by atoms with van der Waals surface area (Å²) in [5, 5.41) is 16.3. The highest BCUT2D eigenvalue weighted by Gasteiger charge is 2.29. The van der Waals surface area contributed by atoms with Crippen LogP contribution in [-0.2, 0) is 0 Å². The van der Waals surface area contributed by atoms with Crippen molar-refractivity contribution in [2.75, 3.05) is 26.7 Å². The van der Waals surface area contributed by atoms with Gasteiger partial charge in [-0.3, -0.25) is 4.90 Å². The molecule has 0 rings (SSSR count). The van der Waals surface area contributed by atoms with Crippen molar-refractivity contribution in [3.05, 3.63) is 0 Å². The van der Waals surface area contributed by atoms with E-state index in [4.69, 9.17) is 10.4 Å². The first kappa shape index (κ1) is 10.3. The molecule has 0 radical (unpaired) electrons. The number of hydrogen-bond donors (Lipinski definition) is 1. The number of aliphatic hydroxyl groups excluding tert-OH is 1. The Morgan fingerprint density at radius 2 is 2.18 bits per heavy atom.